The Bertz CT molecular complexity index is 1240. The van der Waals surface area contributed by atoms with E-state index in [1.165, 1.54) is 5.01 Å². The van der Waals surface area contributed by atoms with Crippen LogP contribution in [0, 0.1) is 11.3 Å². The zero-order chi connectivity index (χ0) is 22.9. The molecule has 1 amide bonds. The van der Waals surface area contributed by atoms with E-state index in [1.54, 1.807) is 73.7 Å². The Morgan fingerprint density at radius 1 is 1.06 bits per heavy atom. The highest BCUT2D eigenvalue weighted by Gasteiger charge is 2.39. The Morgan fingerprint density at radius 2 is 1.69 bits per heavy atom. The van der Waals surface area contributed by atoms with E-state index in [4.69, 9.17) is 0 Å². The monoisotopic (exact) mass is 452 g/mol. The van der Waals surface area contributed by atoms with Gasteiger partial charge in [0.1, 0.15) is 16.3 Å². The number of pyridine rings is 1. The van der Waals surface area contributed by atoms with Crippen molar-refractivity contribution >= 4 is 29.1 Å². The molecule has 0 saturated carbocycles. The van der Waals surface area contributed by atoms with Crippen LogP contribution in [0.25, 0.3) is 11.3 Å². The first-order valence-electron chi connectivity index (χ1n) is 9.48. The molecule has 3 aromatic rings. The molecule has 0 saturated heterocycles. The molecule has 0 bridgehead atoms. The first-order chi connectivity index (χ1) is 15.3. The van der Waals surface area contributed by atoms with Gasteiger partial charge in [-0.2, -0.15) is 28.5 Å². The van der Waals surface area contributed by atoms with Crippen LogP contribution in [0.1, 0.15) is 18.1 Å². The van der Waals surface area contributed by atoms with E-state index in [0.29, 0.717) is 17.0 Å². The normalized spacial score (nSPS) is 16.1. The molecule has 0 fully saturated rings. The lowest BCUT2D eigenvalue weighted by molar-refractivity contribution is -0.138. The van der Waals surface area contributed by atoms with Gasteiger partial charge in [-0.15, -0.1) is 0 Å². The minimum absolute atomic E-state index is 0.0689. The molecule has 0 spiro atoms. The maximum Gasteiger partial charge on any atom is 0.417 e. The number of nitriles is 1. The van der Waals surface area contributed by atoms with Gasteiger partial charge in [0.2, 0.25) is 0 Å². The molecule has 1 aliphatic heterocycles. The lowest BCUT2D eigenvalue weighted by atomic mass is 10.1. The third kappa shape index (κ3) is 4.09. The fourth-order valence-electron chi connectivity index (χ4n) is 3.25. The second kappa shape index (κ2) is 8.48. The van der Waals surface area contributed by atoms with E-state index in [1.807, 2.05) is 0 Å². The molecule has 0 N–H and O–H groups in total. The minimum Gasteiger partial charge on any atom is -0.271 e. The summed E-state index contributed by atoms with van der Waals surface area (Å²) in [5, 5.41) is 14.0. The summed E-state index contributed by atoms with van der Waals surface area (Å²) in [6.07, 6.45) is -4.76. The van der Waals surface area contributed by atoms with Crippen LogP contribution in [0.15, 0.2) is 76.9 Å². The number of rotatable bonds is 4. The SMILES string of the molecule is CC1=NN(c2ccccc2)C(=O)C1Sc1nc(-c2ccccc2)cc(C(F)(F)F)c1C#N. The van der Waals surface area contributed by atoms with Gasteiger partial charge in [0, 0.05) is 5.56 Å². The number of aromatic nitrogens is 1. The largest absolute Gasteiger partial charge is 0.417 e. The van der Waals surface area contributed by atoms with E-state index in [9.17, 15) is 23.2 Å². The van der Waals surface area contributed by atoms with Crippen LogP contribution in [-0.2, 0) is 11.0 Å². The van der Waals surface area contributed by atoms with Crippen LogP contribution in [0.5, 0.6) is 0 Å². The van der Waals surface area contributed by atoms with Gasteiger partial charge in [0.25, 0.3) is 5.91 Å². The quantitative estimate of drug-likeness (QED) is 0.523. The zero-order valence-corrected chi connectivity index (χ0v) is 17.5. The average Bonchev–Trinajstić information content (AvgIpc) is 3.07. The molecule has 1 aromatic heterocycles. The maximum atomic E-state index is 13.8. The Kier molecular flexibility index (Phi) is 5.72. The first-order valence-corrected chi connectivity index (χ1v) is 10.4. The Balaban J connectivity index is 1.77. The number of alkyl halides is 3. The van der Waals surface area contributed by atoms with Gasteiger partial charge in [-0.25, -0.2) is 4.98 Å². The van der Waals surface area contributed by atoms with E-state index in [2.05, 4.69) is 10.1 Å². The number of hydrazone groups is 1. The molecule has 1 aliphatic rings. The summed E-state index contributed by atoms with van der Waals surface area (Å²) in [5.41, 5.74) is -0.203. The molecule has 4 rings (SSSR count). The number of carbonyl (C=O) groups is 1. The van der Waals surface area contributed by atoms with Crippen molar-refractivity contribution in [2.24, 2.45) is 5.10 Å². The molecule has 0 radical (unpaired) electrons. The van der Waals surface area contributed by atoms with Gasteiger partial charge in [-0.1, -0.05) is 60.3 Å². The molecule has 0 aliphatic carbocycles. The summed E-state index contributed by atoms with van der Waals surface area (Å²) in [4.78, 5) is 17.3. The van der Waals surface area contributed by atoms with Gasteiger partial charge < -0.3 is 0 Å². The fraction of sp³-hybridized carbons (Fsp3) is 0.130. The predicted octanol–water partition coefficient (Wildman–Crippen LogP) is 5.52. The Morgan fingerprint density at radius 3 is 2.28 bits per heavy atom. The minimum atomic E-state index is -4.76. The van der Waals surface area contributed by atoms with Crippen molar-refractivity contribution in [3.8, 4) is 17.3 Å². The van der Waals surface area contributed by atoms with Crippen molar-refractivity contribution in [2.75, 3.05) is 5.01 Å². The standard InChI is InChI=1S/C23H15F3N4OS/c1-14-20(22(31)30(29-14)16-10-6-3-7-11-16)32-21-17(13-27)18(23(24,25)26)12-19(28-21)15-8-4-2-5-9-15/h2-12,20H,1H3. The van der Waals surface area contributed by atoms with Gasteiger partial charge in [0.05, 0.1) is 28.2 Å². The number of thioether (sulfide) groups is 1. The van der Waals surface area contributed by atoms with Crippen molar-refractivity contribution in [1.29, 1.82) is 5.26 Å². The van der Waals surface area contributed by atoms with Crippen molar-refractivity contribution in [3.05, 3.63) is 77.9 Å². The highest BCUT2D eigenvalue weighted by atomic mass is 32.2. The van der Waals surface area contributed by atoms with Crippen LogP contribution >= 0.6 is 11.8 Å². The van der Waals surface area contributed by atoms with Crippen LogP contribution in [-0.4, -0.2) is 21.9 Å². The molecule has 9 heteroatoms. The van der Waals surface area contributed by atoms with Gasteiger partial charge in [-0.3, -0.25) is 4.79 Å². The van der Waals surface area contributed by atoms with Crippen LogP contribution in [0.2, 0.25) is 0 Å². The number of halogens is 3. The molecule has 2 aromatic carbocycles. The number of hydrogen-bond acceptors (Lipinski definition) is 5. The van der Waals surface area contributed by atoms with E-state index >= 15 is 0 Å². The predicted molar refractivity (Wildman–Crippen MR) is 116 cm³/mol. The summed E-state index contributed by atoms with van der Waals surface area (Å²) in [6.45, 7) is 1.62. The number of anilines is 1. The molecule has 32 heavy (non-hydrogen) atoms. The number of para-hydroxylation sites is 1. The summed E-state index contributed by atoms with van der Waals surface area (Å²) in [7, 11) is 0. The Labute approximate surface area is 186 Å². The highest BCUT2D eigenvalue weighted by molar-refractivity contribution is 8.01. The fourth-order valence-corrected chi connectivity index (χ4v) is 4.31. The number of nitrogens with zero attached hydrogens (tertiary/aromatic N) is 4. The van der Waals surface area contributed by atoms with E-state index in [0.717, 1.165) is 17.8 Å². The molecule has 1 unspecified atom stereocenters. The number of benzene rings is 2. The molecule has 2 heterocycles. The van der Waals surface area contributed by atoms with Crippen molar-refractivity contribution < 1.29 is 18.0 Å². The third-order valence-electron chi connectivity index (χ3n) is 4.77. The van der Waals surface area contributed by atoms with Crippen LogP contribution in [0.4, 0.5) is 18.9 Å². The van der Waals surface area contributed by atoms with Crippen LogP contribution < -0.4 is 5.01 Å². The number of carbonyl (C=O) groups excluding carboxylic acids is 1. The summed E-state index contributed by atoms with van der Waals surface area (Å²) in [5.74, 6) is -0.414. The lowest BCUT2D eigenvalue weighted by Crippen LogP contribution is -2.29. The Hall–Kier alpha value is -3.64. The van der Waals surface area contributed by atoms with E-state index < -0.39 is 28.5 Å². The lowest BCUT2D eigenvalue weighted by Gasteiger charge is -2.17. The average molecular weight is 452 g/mol. The maximum absolute atomic E-state index is 13.8. The molecule has 5 nitrogen and oxygen atoms in total. The molecular weight excluding hydrogens is 437 g/mol. The molecule has 1 atom stereocenters. The van der Waals surface area contributed by atoms with Gasteiger partial charge in [0.15, 0.2) is 0 Å². The second-order valence-electron chi connectivity index (χ2n) is 6.94. The van der Waals surface area contributed by atoms with Crippen molar-refractivity contribution in [2.45, 2.75) is 23.4 Å². The van der Waals surface area contributed by atoms with Gasteiger partial charge in [-0.05, 0) is 25.1 Å². The van der Waals surface area contributed by atoms with Crippen molar-refractivity contribution in [1.82, 2.24) is 4.98 Å². The smallest absolute Gasteiger partial charge is 0.271 e. The van der Waals surface area contributed by atoms with Gasteiger partial charge >= 0.3 is 6.18 Å². The van der Waals surface area contributed by atoms with Crippen molar-refractivity contribution in [3.63, 3.8) is 0 Å². The summed E-state index contributed by atoms with van der Waals surface area (Å²) < 4.78 is 41.3. The first kappa shape index (κ1) is 21.6. The molecule has 160 valence electrons. The summed E-state index contributed by atoms with van der Waals surface area (Å²) >= 11 is 0.801. The molecular formula is C23H15F3N4OS. The van der Waals surface area contributed by atoms with E-state index in [-0.39, 0.29) is 10.7 Å². The third-order valence-corrected chi connectivity index (χ3v) is 6.07. The zero-order valence-electron chi connectivity index (χ0n) is 16.7. The number of amides is 1. The highest BCUT2D eigenvalue weighted by Crippen LogP contribution is 2.40. The number of hydrogen-bond donors (Lipinski definition) is 0. The second-order valence-corrected chi connectivity index (χ2v) is 8.03. The topological polar surface area (TPSA) is 69.3 Å². The van der Waals surface area contributed by atoms with Crippen LogP contribution in [0.3, 0.4) is 0 Å². The summed E-state index contributed by atoms with van der Waals surface area (Å²) in [6, 6.07) is 19.6.